The first kappa shape index (κ1) is 24.3. The molecule has 0 aromatic heterocycles. The Morgan fingerprint density at radius 2 is 1.50 bits per heavy atom. The van der Waals surface area contributed by atoms with E-state index in [2.05, 4.69) is 92.7 Å². The predicted octanol–water partition coefficient (Wildman–Crippen LogP) is 6.62. The maximum atomic E-state index is 5.99. The summed E-state index contributed by atoms with van der Waals surface area (Å²) in [6.07, 6.45) is 6.51. The summed E-state index contributed by atoms with van der Waals surface area (Å²) in [5.74, 6) is 1.30. The van der Waals surface area contributed by atoms with Gasteiger partial charge in [-0.25, -0.2) is 12.1 Å². The Morgan fingerprint density at radius 3 is 1.97 bits per heavy atom. The molecular weight excluding hydrogens is 498 g/mol. The van der Waals surface area contributed by atoms with E-state index in [1.165, 1.54) is 15.9 Å². The normalized spacial score (nSPS) is 19.0. The summed E-state index contributed by atoms with van der Waals surface area (Å²) in [4.78, 5) is 0. The first-order chi connectivity index (χ1) is 15.2. The van der Waals surface area contributed by atoms with Gasteiger partial charge in [0.25, 0.3) is 0 Å². The predicted molar refractivity (Wildman–Crippen MR) is 133 cm³/mol. The van der Waals surface area contributed by atoms with Gasteiger partial charge in [0.15, 0.2) is 0 Å². The van der Waals surface area contributed by atoms with Gasteiger partial charge in [-0.15, -0.1) is 0 Å². The van der Waals surface area contributed by atoms with Crippen LogP contribution in [0.1, 0.15) is 13.8 Å². The molecule has 1 fully saturated rings. The molecule has 1 heterocycles. The topological polar surface area (TPSA) is 23.3 Å². The van der Waals surface area contributed by atoms with Crippen LogP contribution in [0.2, 0.25) is 0 Å². The molecule has 2 nitrogen and oxygen atoms in total. The molecule has 3 aromatic rings. The molecule has 4 heteroatoms. The van der Waals surface area contributed by atoms with Gasteiger partial charge in [-0.3, -0.25) is 0 Å². The molecule has 0 N–H and O–H groups in total. The minimum atomic E-state index is -0.636. The second-order valence-corrected chi connectivity index (χ2v) is 10.0. The van der Waals surface area contributed by atoms with Crippen molar-refractivity contribution in [3.05, 3.63) is 131 Å². The van der Waals surface area contributed by atoms with Crippen molar-refractivity contribution in [1.29, 1.82) is 0 Å². The molecule has 32 heavy (non-hydrogen) atoms. The Bertz CT molecular complexity index is 983. The van der Waals surface area contributed by atoms with Gasteiger partial charge in [0.05, 0.1) is 6.61 Å². The third-order valence-electron chi connectivity index (χ3n) is 5.29. The quantitative estimate of drug-likeness (QED) is 0.213. The zero-order valence-electron chi connectivity index (χ0n) is 18.4. The number of allylic oxidation sites excluding steroid dienone is 5. The molecule has 5 rings (SSSR count). The van der Waals surface area contributed by atoms with Crippen LogP contribution in [-0.2, 0) is 24.2 Å². The number of nitrogens with zero attached hydrogens (tertiary/aromatic N) is 1. The zero-order chi connectivity index (χ0) is 21.5. The third kappa shape index (κ3) is 5.91. The van der Waals surface area contributed by atoms with Crippen molar-refractivity contribution in [2.75, 3.05) is 6.61 Å². The third-order valence-corrected chi connectivity index (χ3v) is 7.79. The molecule has 0 unspecified atom stereocenters. The Labute approximate surface area is 206 Å². The van der Waals surface area contributed by atoms with Crippen molar-refractivity contribution in [2.45, 2.75) is 19.9 Å². The number of benzene rings is 2. The van der Waals surface area contributed by atoms with E-state index in [9.17, 15) is 0 Å². The van der Waals surface area contributed by atoms with Crippen LogP contribution in [-0.4, -0.2) is 12.6 Å². The molecule has 1 atom stereocenters. The van der Waals surface area contributed by atoms with Crippen molar-refractivity contribution in [3.8, 4) is 0 Å². The summed E-state index contributed by atoms with van der Waals surface area (Å²) in [6, 6.07) is 31.8. The molecule has 2 aliphatic rings. The summed E-state index contributed by atoms with van der Waals surface area (Å²) in [6.45, 7) is 5.09. The van der Waals surface area contributed by atoms with E-state index in [1.807, 2.05) is 30.3 Å². The van der Waals surface area contributed by atoms with Gasteiger partial charge in [-0.1, -0.05) is 105 Å². The van der Waals surface area contributed by atoms with E-state index in [-0.39, 0.29) is 25.5 Å². The molecule has 3 aromatic carbocycles. The Hall–Kier alpha value is -2.34. The van der Waals surface area contributed by atoms with E-state index in [0.29, 0.717) is 12.5 Å². The van der Waals surface area contributed by atoms with Crippen LogP contribution < -0.4 is 10.6 Å². The Morgan fingerprint density at radius 1 is 0.906 bits per heavy atom. The van der Waals surface area contributed by atoms with Crippen molar-refractivity contribution in [1.82, 2.24) is 0 Å². The molecule has 0 radical (unpaired) electrons. The summed E-state index contributed by atoms with van der Waals surface area (Å²) < 4.78 is 5.99. The molecule has 0 amide bonds. The van der Waals surface area contributed by atoms with Crippen LogP contribution in [0.3, 0.4) is 0 Å². The molecule has 0 bridgehead atoms. The van der Waals surface area contributed by atoms with Crippen molar-refractivity contribution in [2.24, 2.45) is 5.92 Å². The van der Waals surface area contributed by atoms with Crippen LogP contribution in [0.5, 0.6) is 0 Å². The average molecular weight is 527 g/mol. The Kier molecular flexibility index (Phi) is 9.15. The van der Waals surface area contributed by atoms with Gasteiger partial charge in [-0.2, -0.15) is 18.2 Å². The van der Waals surface area contributed by atoms with Gasteiger partial charge in [0.2, 0.25) is 0 Å². The van der Waals surface area contributed by atoms with Gasteiger partial charge in [0, 0.05) is 11.5 Å². The molecule has 0 spiro atoms. The second-order valence-electron chi connectivity index (χ2n) is 7.85. The van der Waals surface area contributed by atoms with Crippen LogP contribution in [0.15, 0.2) is 126 Å². The van der Waals surface area contributed by atoms with Gasteiger partial charge >= 0.3 is 19.5 Å². The van der Waals surface area contributed by atoms with E-state index >= 15 is 0 Å². The minimum Gasteiger partial charge on any atom is -0.648 e. The minimum absolute atomic E-state index is 0. The largest absolute Gasteiger partial charge is 2.00 e. The molecule has 164 valence electrons. The SMILES string of the molecule is CC(C)[C@H]1COC(=C2C=CC=C2P(c2ccccc2)c2ccccc2)[N-]1.[Ru+2].c1cc[cH-]c1. The van der Waals surface area contributed by atoms with Crippen LogP contribution >= 0.6 is 7.92 Å². The number of hydrogen-bond acceptors (Lipinski definition) is 1. The molecule has 1 aliphatic heterocycles. The summed E-state index contributed by atoms with van der Waals surface area (Å²) >= 11 is 0. The summed E-state index contributed by atoms with van der Waals surface area (Å²) in [7, 11) is -0.636. The maximum absolute atomic E-state index is 5.99. The van der Waals surface area contributed by atoms with Crippen molar-refractivity contribution in [3.63, 3.8) is 0 Å². The standard InChI is InChI=1S/C23H23NOP.C5H5.Ru/c1-17(2)21-16-25-23(24-21)20-14-9-15-22(20)26(18-10-5-3-6-11-18)19-12-7-4-8-13-19;1-2-4-5-3-1;/h3-15,17,21H,16H2,1-2H3;1-5H;/q2*-1;+2/t21-;;/m1../s1. The first-order valence-corrected chi connectivity index (χ1v) is 12.1. The van der Waals surface area contributed by atoms with Crippen LogP contribution in [0.4, 0.5) is 0 Å². The van der Waals surface area contributed by atoms with E-state index in [0.717, 1.165) is 11.5 Å². The van der Waals surface area contributed by atoms with Gasteiger partial charge in [-0.05, 0) is 23.8 Å². The zero-order valence-corrected chi connectivity index (χ0v) is 21.0. The fourth-order valence-corrected chi connectivity index (χ4v) is 6.01. The average Bonchev–Trinajstić information content (AvgIpc) is 3.58. The van der Waals surface area contributed by atoms with E-state index < -0.39 is 7.92 Å². The van der Waals surface area contributed by atoms with E-state index in [1.54, 1.807) is 0 Å². The van der Waals surface area contributed by atoms with Gasteiger partial charge < -0.3 is 10.1 Å². The maximum Gasteiger partial charge on any atom is 2.00 e. The summed E-state index contributed by atoms with van der Waals surface area (Å²) in [5, 5.41) is 8.88. The van der Waals surface area contributed by atoms with Crippen LogP contribution in [0, 0.1) is 5.92 Å². The second kappa shape index (κ2) is 12.1. The first-order valence-electron chi connectivity index (χ1n) is 10.8. The van der Waals surface area contributed by atoms with E-state index in [4.69, 9.17) is 10.1 Å². The number of rotatable bonds is 4. The molecular formula is C28H28NOPRu. The van der Waals surface area contributed by atoms with Crippen molar-refractivity contribution < 1.29 is 24.2 Å². The summed E-state index contributed by atoms with van der Waals surface area (Å²) in [5.41, 5.74) is 1.15. The molecule has 1 aliphatic carbocycles. The smallest absolute Gasteiger partial charge is 0.648 e. The fraction of sp³-hybridized carbons (Fsp3) is 0.179. The van der Waals surface area contributed by atoms with Gasteiger partial charge in [0.1, 0.15) is 0 Å². The fourth-order valence-electron chi connectivity index (χ4n) is 3.57. The Balaban J connectivity index is 0.000000427. The van der Waals surface area contributed by atoms with Crippen molar-refractivity contribution >= 4 is 18.5 Å². The molecule has 0 saturated carbocycles. The monoisotopic (exact) mass is 527 g/mol. The number of hydrogen-bond donors (Lipinski definition) is 0. The number of ether oxygens (including phenoxy) is 1. The molecule has 1 saturated heterocycles. The van der Waals surface area contributed by atoms with Crippen LogP contribution in [0.25, 0.3) is 5.32 Å².